The average molecular weight is 399 g/mol. The van der Waals surface area contributed by atoms with Gasteiger partial charge < -0.3 is 10.2 Å². The van der Waals surface area contributed by atoms with Gasteiger partial charge in [0.05, 0.1) is 0 Å². The minimum Gasteiger partial charge on any atom is -0.478 e. The first-order chi connectivity index (χ1) is 13.5. The lowest BCUT2D eigenvalue weighted by atomic mass is 10.0. The maximum Gasteiger partial charge on any atom is 0.327 e. The van der Waals surface area contributed by atoms with Crippen LogP contribution in [-0.2, 0) is 9.59 Å². The van der Waals surface area contributed by atoms with E-state index < -0.39 is 11.9 Å². The van der Waals surface area contributed by atoms with Gasteiger partial charge in [-0.25, -0.2) is 9.59 Å². The number of rotatable bonds is 17. The standard InChI is InChI=1S/C18H38.2C3H4O2/c1-3-5-7-9-11-13-15-17-18-16-14-12-10-8-6-4-2;2*1-2-3(4)5/h3-18H2,1-2H3;2*2H,1H2,(H,4,5). The van der Waals surface area contributed by atoms with Gasteiger partial charge in [0, 0.05) is 12.2 Å². The van der Waals surface area contributed by atoms with Crippen molar-refractivity contribution in [1.82, 2.24) is 0 Å². The molecule has 0 aromatic rings. The summed E-state index contributed by atoms with van der Waals surface area (Å²) < 4.78 is 0. The predicted molar refractivity (Wildman–Crippen MR) is 121 cm³/mol. The summed E-state index contributed by atoms with van der Waals surface area (Å²) in [5.74, 6) is -1.96. The van der Waals surface area contributed by atoms with Gasteiger partial charge in [0.1, 0.15) is 0 Å². The SMILES string of the molecule is C=CC(=O)O.C=CC(=O)O.CCCCCCCCCCCCCCCCCC. The molecule has 0 aliphatic heterocycles. The molecule has 0 saturated carbocycles. The van der Waals surface area contributed by atoms with E-state index in [9.17, 15) is 9.59 Å². The van der Waals surface area contributed by atoms with Crippen molar-refractivity contribution in [3.05, 3.63) is 25.3 Å². The molecule has 0 aliphatic carbocycles. The van der Waals surface area contributed by atoms with E-state index in [0.717, 1.165) is 12.2 Å². The number of carbonyl (C=O) groups is 2. The normalized spacial score (nSPS) is 9.36. The van der Waals surface area contributed by atoms with Gasteiger partial charge in [-0.1, -0.05) is 130 Å². The average Bonchev–Trinajstić information content (AvgIpc) is 2.69. The van der Waals surface area contributed by atoms with E-state index in [-0.39, 0.29) is 0 Å². The second-order valence-electron chi connectivity index (χ2n) is 7.03. The summed E-state index contributed by atoms with van der Waals surface area (Å²) in [5.41, 5.74) is 0. The molecule has 4 nitrogen and oxygen atoms in total. The maximum absolute atomic E-state index is 9.25. The highest BCUT2D eigenvalue weighted by Gasteiger charge is 1.93. The Morgan fingerprint density at radius 2 is 0.679 bits per heavy atom. The summed E-state index contributed by atoms with van der Waals surface area (Å²) in [4.78, 5) is 18.5. The lowest BCUT2D eigenvalue weighted by Gasteiger charge is -2.03. The highest BCUT2D eigenvalue weighted by Crippen LogP contribution is 2.13. The molecule has 0 rings (SSSR count). The van der Waals surface area contributed by atoms with Crippen LogP contribution >= 0.6 is 0 Å². The van der Waals surface area contributed by atoms with Crippen LogP contribution in [0.15, 0.2) is 25.3 Å². The molecular weight excluding hydrogens is 352 g/mol. The summed E-state index contributed by atoms with van der Waals surface area (Å²) in [6, 6.07) is 0. The Morgan fingerprint density at radius 3 is 0.786 bits per heavy atom. The van der Waals surface area contributed by atoms with E-state index in [2.05, 4.69) is 27.0 Å². The van der Waals surface area contributed by atoms with Crippen LogP contribution in [0.2, 0.25) is 0 Å². The van der Waals surface area contributed by atoms with Crippen molar-refractivity contribution < 1.29 is 19.8 Å². The predicted octanol–water partition coefficient (Wildman–Crippen LogP) is 7.78. The van der Waals surface area contributed by atoms with Crippen LogP contribution in [0.4, 0.5) is 0 Å². The van der Waals surface area contributed by atoms with E-state index >= 15 is 0 Å². The molecule has 2 N–H and O–H groups in total. The Morgan fingerprint density at radius 1 is 0.536 bits per heavy atom. The molecular formula is C24H46O4. The molecule has 0 spiro atoms. The molecule has 0 aromatic carbocycles. The Kier molecular flexibility index (Phi) is 33.5. The zero-order chi connectivity index (χ0) is 21.9. The van der Waals surface area contributed by atoms with E-state index in [1.54, 1.807) is 0 Å². The van der Waals surface area contributed by atoms with Gasteiger partial charge >= 0.3 is 11.9 Å². The Bertz CT molecular complexity index is 317. The molecule has 28 heavy (non-hydrogen) atoms. The summed E-state index contributed by atoms with van der Waals surface area (Å²) in [7, 11) is 0. The molecule has 0 aliphatic rings. The molecule has 0 radical (unpaired) electrons. The van der Waals surface area contributed by atoms with Gasteiger partial charge in [0.25, 0.3) is 0 Å². The first-order valence-electron chi connectivity index (χ1n) is 11.2. The topological polar surface area (TPSA) is 74.6 Å². The van der Waals surface area contributed by atoms with Crippen molar-refractivity contribution in [2.75, 3.05) is 0 Å². The van der Waals surface area contributed by atoms with Crippen molar-refractivity contribution in [3.8, 4) is 0 Å². The second-order valence-corrected chi connectivity index (χ2v) is 7.03. The van der Waals surface area contributed by atoms with E-state index in [1.165, 1.54) is 103 Å². The molecule has 0 amide bonds. The minimum atomic E-state index is -0.981. The van der Waals surface area contributed by atoms with Crippen molar-refractivity contribution in [1.29, 1.82) is 0 Å². The third-order valence-electron chi connectivity index (χ3n) is 4.31. The molecule has 0 fully saturated rings. The second kappa shape index (κ2) is 30.2. The zero-order valence-electron chi connectivity index (χ0n) is 18.6. The third-order valence-corrected chi connectivity index (χ3v) is 4.31. The van der Waals surface area contributed by atoms with Crippen LogP contribution < -0.4 is 0 Å². The maximum atomic E-state index is 9.25. The van der Waals surface area contributed by atoms with Gasteiger partial charge in [0.15, 0.2) is 0 Å². The Hall–Kier alpha value is -1.58. The fourth-order valence-corrected chi connectivity index (χ4v) is 2.62. The fourth-order valence-electron chi connectivity index (χ4n) is 2.62. The summed E-state index contributed by atoms with van der Waals surface area (Å²) in [5, 5.41) is 15.2. The Labute approximate surface area is 174 Å². The van der Waals surface area contributed by atoms with Crippen molar-refractivity contribution in [3.63, 3.8) is 0 Å². The van der Waals surface area contributed by atoms with Crippen molar-refractivity contribution >= 4 is 11.9 Å². The first kappa shape index (κ1) is 31.1. The molecule has 0 unspecified atom stereocenters. The van der Waals surface area contributed by atoms with E-state index in [4.69, 9.17) is 10.2 Å². The highest BCUT2D eigenvalue weighted by molar-refractivity contribution is 5.79. The number of unbranched alkanes of at least 4 members (excludes halogenated alkanes) is 15. The van der Waals surface area contributed by atoms with Crippen molar-refractivity contribution in [2.24, 2.45) is 0 Å². The third kappa shape index (κ3) is 44.1. The number of aliphatic carboxylic acids is 2. The van der Waals surface area contributed by atoms with Crippen molar-refractivity contribution in [2.45, 2.75) is 117 Å². The van der Waals surface area contributed by atoms with Gasteiger partial charge in [-0.2, -0.15) is 0 Å². The molecule has 166 valence electrons. The lowest BCUT2D eigenvalue weighted by molar-refractivity contribution is -0.132. The fraction of sp³-hybridized carbons (Fsp3) is 0.750. The monoisotopic (exact) mass is 398 g/mol. The van der Waals surface area contributed by atoms with Gasteiger partial charge in [-0.3, -0.25) is 0 Å². The molecule has 0 aromatic heterocycles. The summed E-state index contributed by atoms with van der Waals surface area (Å²) in [6.07, 6.45) is 25.1. The van der Waals surface area contributed by atoms with Gasteiger partial charge in [-0.15, -0.1) is 0 Å². The smallest absolute Gasteiger partial charge is 0.327 e. The van der Waals surface area contributed by atoms with Gasteiger partial charge in [0.2, 0.25) is 0 Å². The largest absolute Gasteiger partial charge is 0.478 e. The van der Waals surface area contributed by atoms with Crippen LogP contribution in [0.25, 0.3) is 0 Å². The number of hydrogen-bond acceptors (Lipinski definition) is 2. The Balaban J connectivity index is -0.000000512. The molecule has 0 atom stereocenters. The summed E-state index contributed by atoms with van der Waals surface area (Å²) >= 11 is 0. The molecule has 0 bridgehead atoms. The number of hydrogen-bond donors (Lipinski definition) is 2. The van der Waals surface area contributed by atoms with Crippen LogP contribution in [0, 0.1) is 0 Å². The molecule has 0 saturated heterocycles. The first-order valence-corrected chi connectivity index (χ1v) is 11.2. The van der Waals surface area contributed by atoms with Crippen LogP contribution in [0.1, 0.15) is 117 Å². The lowest BCUT2D eigenvalue weighted by Crippen LogP contribution is -1.83. The van der Waals surface area contributed by atoms with Gasteiger partial charge in [-0.05, 0) is 0 Å². The quantitative estimate of drug-likeness (QED) is 0.194. The number of carboxylic acids is 2. The summed E-state index contributed by atoms with van der Waals surface area (Å²) in [6.45, 7) is 10.5. The molecule has 4 heteroatoms. The van der Waals surface area contributed by atoms with Crippen LogP contribution in [0.5, 0.6) is 0 Å². The van der Waals surface area contributed by atoms with E-state index in [0.29, 0.717) is 0 Å². The zero-order valence-corrected chi connectivity index (χ0v) is 18.6. The van der Waals surface area contributed by atoms with Crippen LogP contribution in [-0.4, -0.2) is 22.2 Å². The number of carboxylic acid groups (broad SMARTS) is 2. The molecule has 0 heterocycles. The van der Waals surface area contributed by atoms with E-state index in [1.807, 2.05) is 0 Å². The van der Waals surface area contributed by atoms with Crippen LogP contribution in [0.3, 0.4) is 0 Å². The highest BCUT2D eigenvalue weighted by atomic mass is 16.4. The minimum absolute atomic E-state index is 0.833.